The van der Waals surface area contributed by atoms with Crippen LogP contribution in [0.15, 0.2) is 18.2 Å². The lowest BCUT2D eigenvalue weighted by atomic mass is 9.90. The van der Waals surface area contributed by atoms with E-state index in [1.54, 1.807) is 0 Å². The van der Waals surface area contributed by atoms with Gasteiger partial charge in [-0.3, -0.25) is 0 Å². The lowest BCUT2D eigenvalue weighted by Gasteiger charge is -2.21. The van der Waals surface area contributed by atoms with Gasteiger partial charge in [0, 0.05) is 6.04 Å². The van der Waals surface area contributed by atoms with Gasteiger partial charge in [-0.15, -0.1) is 0 Å². The van der Waals surface area contributed by atoms with Crippen LogP contribution >= 0.6 is 23.2 Å². The van der Waals surface area contributed by atoms with Crippen molar-refractivity contribution < 1.29 is 0 Å². The van der Waals surface area contributed by atoms with Gasteiger partial charge in [0.1, 0.15) is 0 Å². The van der Waals surface area contributed by atoms with Crippen LogP contribution < -0.4 is 5.32 Å². The maximum Gasteiger partial charge on any atom is 0.0627 e. The highest BCUT2D eigenvalue weighted by atomic mass is 35.5. The van der Waals surface area contributed by atoms with Gasteiger partial charge in [0.2, 0.25) is 0 Å². The monoisotopic (exact) mass is 271 g/mol. The van der Waals surface area contributed by atoms with E-state index in [0.717, 1.165) is 11.4 Å². The third-order valence-corrected chi connectivity index (χ3v) is 4.59. The summed E-state index contributed by atoms with van der Waals surface area (Å²) < 4.78 is 0. The van der Waals surface area contributed by atoms with Crippen LogP contribution in [0.4, 0.5) is 0 Å². The van der Waals surface area contributed by atoms with E-state index in [1.807, 2.05) is 19.2 Å². The van der Waals surface area contributed by atoms with E-state index in [9.17, 15) is 0 Å². The Labute approximate surface area is 114 Å². The van der Waals surface area contributed by atoms with Gasteiger partial charge in [-0.1, -0.05) is 48.2 Å². The Balaban J connectivity index is 2.22. The van der Waals surface area contributed by atoms with E-state index in [0.29, 0.717) is 17.0 Å². The Morgan fingerprint density at radius 2 is 1.94 bits per heavy atom. The molecule has 2 atom stereocenters. The second kappa shape index (κ2) is 6.08. The van der Waals surface area contributed by atoms with Crippen molar-refractivity contribution in [1.29, 1.82) is 0 Å². The Bertz CT molecular complexity index is 378. The van der Waals surface area contributed by atoms with Crippen molar-refractivity contribution in [3.05, 3.63) is 33.8 Å². The van der Waals surface area contributed by atoms with Crippen LogP contribution in [0.2, 0.25) is 10.0 Å². The Morgan fingerprint density at radius 1 is 1.18 bits per heavy atom. The predicted molar refractivity (Wildman–Crippen MR) is 75.1 cm³/mol. The molecule has 0 heterocycles. The zero-order chi connectivity index (χ0) is 12.3. The minimum atomic E-state index is 0.543. The minimum Gasteiger partial charge on any atom is -0.317 e. The average Bonchev–Trinajstić information content (AvgIpc) is 2.58. The van der Waals surface area contributed by atoms with Gasteiger partial charge >= 0.3 is 0 Å². The fourth-order valence-electron chi connectivity index (χ4n) is 2.74. The first kappa shape index (κ1) is 13.2. The molecule has 0 aromatic heterocycles. The van der Waals surface area contributed by atoms with Crippen molar-refractivity contribution in [3.63, 3.8) is 0 Å². The third-order valence-electron chi connectivity index (χ3n) is 3.75. The molecule has 2 rings (SSSR count). The van der Waals surface area contributed by atoms with E-state index >= 15 is 0 Å². The molecular weight excluding hydrogens is 253 g/mol. The zero-order valence-electron chi connectivity index (χ0n) is 10.2. The molecule has 1 fully saturated rings. The maximum atomic E-state index is 6.32. The number of benzene rings is 1. The molecular formula is C14H19Cl2N. The quantitative estimate of drug-likeness (QED) is 0.774. The molecule has 1 aromatic carbocycles. The van der Waals surface area contributed by atoms with Crippen molar-refractivity contribution in [3.8, 4) is 0 Å². The maximum absolute atomic E-state index is 6.32. The Hall–Kier alpha value is -0.240. The van der Waals surface area contributed by atoms with Gasteiger partial charge in [0.25, 0.3) is 0 Å². The highest BCUT2D eigenvalue weighted by Gasteiger charge is 2.22. The van der Waals surface area contributed by atoms with Crippen molar-refractivity contribution in [2.24, 2.45) is 0 Å². The summed E-state index contributed by atoms with van der Waals surface area (Å²) in [7, 11) is 2.05. The Kier molecular flexibility index (Phi) is 4.72. The molecule has 1 N–H and O–H groups in total. The SMILES string of the molecule is CNC1CCCCC(c2cccc(Cl)c2Cl)C1. The van der Waals surface area contributed by atoms with Crippen molar-refractivity contribution in [2.75, 3.05) is 7.05 Å². The van der Waals surface area contributed by atoms with Crippen LogP contribution in [0, 0.1) is 0 Å². The molecule has 0 amide bonds. The molecule has 0 aliphatic heterocycles. The number of halogens is 2. The molecule has 1 saturated carbocycles. The minimum absolute atomic E-state index is 0.543. The van der Waals surface area contributed by atoms with Crippen molar-refractivity contribution >= 4 is 23.2 Å². The van der Waals surface area contributed by atoms with E-state index < -0.39 is 0 Å². The first-order chi connectivity index (χ1) is 8.22. The van der Waals surface area contributed by atoms with Crippen LogP contribution in [-0.4, -0.2) is 13.1 Å². The second-order valence-corrected chi connectivity index (χ2v) is 5.63. The van der Waals surface area contributed by atoms with E-state index in [-0.39, 0.29) is 0 Å². The van der Waals surface area contributed by atoms with Gasteiger partial charge in [-0.05, 0) is 43.9 Å². The molecule has 1 aliphatic carbocycles. The number of nitrogens with one attached hydrogen (secondary N) is 1. The van der Waals surface area contributed by atoms with Gasteiger partial charge in [0.05, 0.1) is 10.0 Å². The second-order valence-electron chi connectivity index (χ2n) is 4.85. The van der Waals surface area contributed by atoms with Crippen molar-refractivity contribution in [2.45, 2.75) is 44.1 Å². The lowest BCUT2D eigenvalue weighted by molar-refractivity contribution is 0.471. The third kappa shape index (κ3) is 3.15. The molecule has 17 heavy (non-hydrogen) atoms. The van der Waals surface area contributed by atoms with Crippen LogP contribution in [0.1, 0.15) is 43.6 Å². The number of rotatable bonds is 2. The summed E-state index contributed by atoms with van der Waals surface area (Å²) in [6.07, 6.45) is 6.24. The molecule has 0 saturated heterocycles. The normalized spacial score (nSPS) is 25.6. The van der Waals surface area contributed by atoms with Crippen LogP contribution in [0.3, 0.4) is 0 Å². The topological polar surface area (TPSA) is 12.0 Å². The summed E-state index contributed by atoms with van der Waals surface area (Å²) in [5.74, 6) is 0.543. The largest absolute Gasteiger partial charge is 0.317 e. The number of hydrogen-bond acceptors (Lipinski definition) is 1. The van der Waals surface area contributed by atoms with Crippen LogP contribution in [-0.2, 0) is 0 Å². The van der Waals surface area contributed by atoms with Gasteiger partial charge in [-0.2, -0.15) is 0 Å². The highest BCUT2D eigenvalue weighted by Crippen LogP contribution is 2.38. The van der Waals surface area contributed by atoms with E-state index in [2.05, 4.69) is 11.4 Å². The smallest absolute Gasteiger partial charge is 0.0627 e. The summed E-state index contributed by atoms with van der Waals surface area (Å²) in [5, 5.41) is 4.82. The predicted octanol–water partition coefficient (Wildman–Crippen LogP) is 4.63. The van der Waals surface area contributed by atoms with E-state index in [4.69, 9.17) is 23.2 Å². The Morgan fingerprint density at radius 3 is 2.71 bits per heavy atom. The molecule has 1 aromatic rings. The molecule has 1 nitrogen and oxygen atoms in total. The van der Waals surface area contributed by atoms with Crippen LogP contribution in [0.5, 0.6) is 0 Å². The number of hydrogen-bond donors (Lipinski definition) is 1. The van der Waals surface area contributed by atoms with Crippen LogP contribution in [0.25, 0.3) is 0 Å². The van der Waals surface area contributed by atoms with Crippen molar-refractivity contribution in [1.82, 2.24) is 5.32 Å². The fourth-order valence-corrected chi connectivity index (χ4v) is 3.20. The molecule has 0 radical (unpaired) electrons. The standard InChI is InChI=1S/C14H19Cl2N/c1-17-11-6-3-2-5-10(9-11)12-7-4-8-13(15)14(12)16/h4,7-8,10-11,17H,2-3,5-6,9H2,1H3. The van der Waals surface area contributed by atoms with Gasteiger partial charge < -0.3 is 5.32 Å². The highest BCUT2D eigenvalue weighted by molar-refractivity contribution is 6.42. The molecule has 0 spiro atoms. The first-order valence-electron chi connectivity index (χ1n) is 6.33. The summed E-state index contributed by atoms with van der Waals surface area (Å²) in [5.41, 5.74) is 1.22. The lowest BCUT2D eigenvalue weighted by Crippen LogP contribution is -2.25. The molecule has 94 valence electrons. The van der Waals surface area contributed by atoms with Gasteiger partial charge in [-0.25, -0.2) is 0 Å². The first-order valence-corrected chi connectivity index (χ1v) is 7.09. The zero-order valence-corrected chi connectivity index (χ0v) is 11.7. The fraction of sp³-hybridized carbons (Fsp3) is 0.571. The molecule has 3 heteroatoms. The summed E-state index contributed by atoms with van der Waals surface area (Å²) in [6.45, 7) is 0. The van der Waals surface area contributed by atoms with Gasteiger partial charge in [0.15, 0.2) is 0 Å². The average molecular weight is 272 g/mol. The molecule has 1 aliphatic rings. The summed E-state index contributed by atoms with van der Waals surface area (Å²) in [6, 6.07) is 6.59. The molecule has 0 bridgehead atoms. The summed E-state index contributed by atoms with van der Waals surface area (Å²) in [4.78, 5) is 0. The molecule has 2 unspecified atom stereocenters. The summed E-state index contributed by atoms with van der Waals surface area (Å²) >= 11 is 12.4. The van der Waals surface area contributed by atoms with E-state index in [1.165, 1.54) is 31.2 Å².